The van der Waals surface area contributed by atoms with Gasteiger partial charge in [-0.15, -0.1) is 21.5 Å². The van der Waals surface area contributed by atoms with Crippen LogP contribution in [0.4, 0.5) is 0 Å². The highest BCUT2D eigenvalue weighted by Gasteiger charge is 2.39. The second kappa shape index (κ2) is 7.72. The summed E-state index contributed by atoms with van der Waals surface area (Å²) in [5.74, 6) is 1.38. The van der Waals surface area contributed by atoms with Crippen molar-refractivity contribution in [1.29, 1.82) is 0 Å². The van der Waals surface area contributed by atoms with Crippen molar-refractivity contribution >= 4 is 17.2 Å². The highest BCUT2D eigenvalue weighted by molar-refractivity contribution is 7.11. The first-order valence-electron chi connectivity index (χ1n) is 10.1. The summed E-state index contributed by atoms with van der Waals surface area (Å²) in [6.07, 6.45) is 5.39. The van der Waals surface area contributed by atoms with E-state index in [-0.39, 0.29) is 11.3 Å². The average molecular weight is 388 g/mol. The molecule has 0 atom stereocenters. The van der Waals surface area contributed by atoms with Gasteiger partial charge in [0.1, 0.15) is 5.82 Å². The molecule has 1 N–H and O–H groups in total. The third kappa shape index (κ3) is 3.94. The molecule has 4 rings (SSSR count). The van der Waals surface area contributed by atoms with Crippen molar-refractivity contribution in [2.45, 2.75) is 59.0 Å². The molecule has 1 saturated heterocycles. The molecule has 0 saturated carbocycles. The minimum absolute atomic E-state index is 0.0850. The van der Waals surface area contributed by atoms with Crippen LogP contribution in [0.1, 0.15) is 58.8 Å². The first-order valence-corrected chi connectivity index (χ1v) is 10.9. The van der Waals surface area contributed by atoms with Crippen molar-refractivity contribution in [3.05, 3.63) is 33.5 Å². The summed E-state index contributed by atoms with van der Waals surface area (Å²) < 4.78 is 2.09. The van der Waals surface area contributed by atoms with Gasteiger partial charge >= 0.3 is 0 Å². The third-order valence-corrected chi connectivity index (χ3v) is 7.02. The summed E-state index contributed by atoms with van der Waals surface area (Å²) in [7, 11) is 0. The van der Waals surface area contributed by atoms with Gasteiger partial charge in [-0.05, 0) is 63.2 Å². The molecule has 0 aromatic carbocycles. The van der Waals surface area contributed by atoms with E-state index >= 15 is 0 Å². The Morgan fingerprint density at radius 2 is 2.07 bits per heavy atom. The van der Waals surface area contributed by atoms with Crippen LogP contribution in [-0.2, 0) is 19.5 Å². The molecule has 2 aromatic rings. The molecule has 0 aliphatic carbocycles. The second-order valence-corrected chi connectivity index (χ2v) is 9.44. The smallest absolute Gasteiger partial charge is 0.289 e. The van der Waals surface area contributed by atoms with E-state index in [0.717, 1.165) is 51.3 Å². The van der Waals surface area contributed by atoms with Gasteiger partial charge < -0.3 is 9.88 Å². The number of fused-ring (bicyclic) bond motifs is 1. The fourth-order valence-corrected chi connectivity index (χ4v) is 5.28. The van der Waals surface area contributed by atoms with Crippen molar-refractivity contribution in [3.63, 3.8) is 0 Å². The van der Waals surface area contributed by atoms with E-state index in [1.165, 1.54) is 22.6 Å². The van der Waals surface area contributed by atoms with Gasteiger partial charge in [-0.25, -0.2) is 0 Å². The van der Waals surface area contributed by atoms with E-state index < -0.39 is 0 Å². The number of aromatic nitrogens is 3. The number of rotatable bonds is 5. The Labute approximate surface area is 165 Å². The fraction of sp³-hybridized carbons (Fsp3) is 0.650. The van der Waals surface area contributed by atoms with E-state index in [9.17, 15) is 4.79 Å². The minimum atomic E-state index is -0.0850. The Morgan fingerprint density at radius 1 is 1.26 bits per heavy atom. The zero-order valence-corrected chi connectivity index (χ0v) is 17.1. The number of carbonyl (C=O) groups excluding carboxylic acids is 1. The summed E-state index contributed by atoms with van der Waals surface area (Å²) in [5.41, 5.74) is 0.289. The van der Waals surface area contributed by atoms with Crippen LogP contribution in [0.15, 0.2) is 12.1 Å². The lowest BCUT2D eigenvalue weighted by Crippen LogP contribution is -2.44. The molecular weight excluding hydrogens is 358 g/mol. The van der Waals surface area contributed by atoms with Gasteiger partial charge in [-0.1, -0.05) is 6.92 Å². The molecule has 1 spiro atoms. The lowest BCUT2D eigenvalue weighted by molar-refractivity contribution is 0.0622. The lowest BCUT2D eigenvalue weighted by Gasteiger charge is -2.44. The maximum Gasteiger partial charge on any atom is 0.289 e. The SMILES string of the molecule is CCCNC(=O)c1nnc2n1CC1(CC2)CCN(Cc2ccc(C)s2)CC1. The highest BCUT2D eigenvalue weighted by atomic mass is 32.1. The molecule has 0 unspecified atom stereocenters. The third-order valence-electron chi connectivity index (χ3n) is 6.03. The first-order chi connectivity index (χ1) is 13.1. The second-order valence-electron chi connectivity index (χ2n) is 8.07. The molecule has 2 aliphatic rings. The Hall–Kier alpha value is -1.73. The number of likely N-dealkylation sites (tertiary alicyclic amines) is 1. The Morgan fingerprint density at radius 3 is 2.78 bits per heavy atom. The molecule has 0 bridgehead atoms. The van der Waals surface area contributed by atoms with E-state index in [1.807, 2.05) is 11.3 Å². The number of hydrogen-bond acceptors (Lipinski definition) is 5. The van der Waals surface area contributed by atoms with Gasteiger partial charge in [-0.3, -0.25) is 9.69 Å². The number of nitrogens with one attached hydrogen (secondary N) is 1. The predicted octanol–water partition coefficient (Wildman–Crippen LogP) is 3.02. The van der Waals surface area contributed by atoms with Crippen LogP contribution in [-0.4, -0.2) is 45.2 Å². The molecule has 6 nitrogen and oxygen atoms in total. The maximum atomic E-state index is 12.4. The van der Waals surface area contributed by atoms with Crippen molar-refractivity contribution in [1.82, 2.24) is 25.0 Å². The van der Waals surface area contributed by atoms with Crippen molar-refractivity contribution in [2.75, 3.05) is 19.6 Å². The normalized spacial score (nSPS) is 19.2. The monoisotopic (exact) mass is 387 g/mol. The van der Waals surface area contributed by atoms with Crippen molar-refractivity contribution in [2.24, 2.45) is 5.41 Å². The molecule has 146 valence electrons. The van der Waals surface area contributed by atoms with Gasteiger partial charge in [0.25, 0.3) is 5.91 Å². The van der Waals surface area contributed by atoms with Gasteiger partial charge in [0.15, 0.2) is 0 Å². The van der Waals surface area contributed by atoms with Crippen molar-refractivity contribution in [3.8, 4) is 0 Å². The Kier molecular flexibility index (Phi) is 5.32. The van der Waals surface area contributed by atoms with Gasteiger partial charge in [0.05, 0.1) is 0 Å². The molecule has 0 radical (unpaired) electrons. The predicted molar refractivity (Wildman–Crippen MR) is 107 cm³/mol. The number of nitrogens with zero attached hydrogens (tertiary/aromatic N) is 4. The van der Waals surface area contributed by atoms with E-state index in [2.05, 4.69) is 51.0 Å². The van der Waals surface area contributed by atoms with Gasteiger partial charge in [0.2, 0.25) is 5.82 Å². The number of piperidine rings is 1. The summed E-state index contributed by atoms with van der Waals surface area (Å²) in [4.78, 5) is 17.8. The number of hydrogen-bond donors (Lipinski definition) is 1. The maximum absolute atomic E-state index is 12.4. The van der Waals surface area contributed by atoms with Crippen LogP contribution in [0.25, 0.3) is 0 Å². The van der Waals surface area contributed by atoms with E-state index in [4.69, 9.17) is 0 Å². The van der Waals surface area contributed by atoms with E-state index in [0.29, 0.717) is 12.4 Å². The lowest BCUT2D eigenvalue weighted by atomic mass is 9.73. The topological polar surface area (TPSA) is 63.1 Å². The van der Waals surface area contributed by atoms with Gasteiger partial charge in [-0.2, -0.15) is 0 Å². The highest BCUT2D eigenvalue weighted by Crippen LogP contribution is 2.41. The van der Waals surface area contributed by atoms with Crippen LogP contribution in [0, 0.1) is 12.3 Å². The average Bonchev–Trinajstić information content (AvgIpc) is 3.27. The zero-order chi connectivity index (χ0) is 18.9. The molecule has 4 heterocycles. The fourth-order valence-electron chi connectivity index (χ4n) is 4.35. The summed E-state index contributed by atoms with van der Waals surface area (Å²) in [5, 5.41) is 11.4. The summed E-state index contributed by atoms with van der Waals surface area (Å²) in [6, 6.07) is 4.47. The summed E-state index contributed by atoms with van der Waals surface area (Å²) >= 11 is 1.91. The van der Waals surface area contributed by atoms with Crippen LogP contribution in [0.3, 0.4) is 0 Å². The molecule has 1 fully saturated rings. The van der Waals surface area contributed by atoms with Crippen LogP contribution < -0.4 is 5.32 Å². The van der Waals surface area contributed by atoms with Crippen LogP contribution in [0.2, 0.25) is 0 Å². The number of carbonyl (C=O) groups is 1. The largest absolute Gasteiger partial charge is 0.349 e. The molecule has 27 heavy (non-hydrogen) atoms. The molecule has 1 amide bonds. The molecule has 2 aromatic heterocycles. The first kappa shape index (κ1) is 18.6. The molecular formula is C20H29N5OS. The Bertz CT molecular complexity index is 803. The van der Waals surface area contributed by atoms with Crippen LogP contribution >= 0.6 is 11.3 Å². The summed E-state index contributed by atoms with van der Waals surface area (Å²) in [6.45, 7) is 9.13. The standard InChI is InChI=1S/C20H29N5OS/c1-3-10-21-19(26)18-23-22-17-6-7-20(14-25(17)18)8-11-24(12-9-20)13-16-5-4-15(2)27-16/h4-5H,3,6-14H2,1-2H3,(H,21,26). The number of aryl methyl sites for hydroxylation is 2. The number of amides is 1. The zero-order valence-electron chi connectivity index (χ0n) is 16.3. The van der Waals surface area contributed by atoms with Crippen molar-refractivity contribution < 1.29 is 4.79 Å². The Balaban J connectivity index is 1.40. The molecule has 2 aliphatic heterocycles. The minimum Gasteiger partial charge on any atom is -0.349 e. The number of thiophene rings is 1. The van der Waals surface area contributed by atoms with Crippen LogP contribution in [0.5, 0.6) is 0 Å². The molecule has 7 heteroatoms. The van der Waals surface area contributed by atoms with E-state index in [1.54, 1.807) is 0 Å². The van der Waals surface area contributed by atoms with Gasteiger partial charge in [0, 0.05) is 35.8 Å². The quantitative estimate of drug-likeness (QED) is 0.857.